The van der Waals surface area contributed by atoms with E-state index in [1.807, 2.05) is 6.20 Å². The Hall–Kier alpha value is -1.09. The fourth-order valence-electron chi connectivity index (χ4n) is 0.583. The zero-order chi connectivity index (χ0) is 6.69. The molecular weight excluding hydrogens is 114 g/mol. The maximum atomic E-state index is 5.33. The van der Waals surface area contributed by atoms with Crippen LogP contribution in [0.4, 0.5) is 0 Å². The fraction of sp³-hybridized carbons (Fsp3) is 0.167. The summed E-state index contributed by atoms with van der Waals surface area (Å²) in [6.45, 7) is 4.07. The van der Waals surface area contributed by atoms with Gasteiger partial charge in [0.25, 0.3) is 0 Å². The fourth-order valence-corrected chi connectivity index (χ4v) is 0.583. The van der Waals surface area contributed by atoms with Gasteiger partial charge in [-0.25, -0.2) is 4.68 Å². The van der Waals surface area contributed by atoms with Gasteiger partial charge in [0.05, 0.1) is 6.20 Å². The van der Waals surface area contributed by atoms with E-state index in [-0.39, 0.29) is 0 Å². The molecule has 0 aliphatic rings. The molecule has 3 nitrogen and oxygen atoms in total. The summed E-state index contributed by atoms with van der Waals surface area (Å²) in [5.74, 6) is 0. The SMILES string of the molecule is C=Cn1cc(CN)cn1. The van der Waals surface area contributed by atoms with Crippen LogP contribution in [0.2, 0.25) is 0 Å². The summed E-state index contributed by atoms with van der Waals surface area (Å²) in [5, 5.41) is 3.92. The van der Waals surface area contributed by atoms with Crippen LogP contribution in [0.1, 0.15) is 5.56 Å². The van der Waals surface area contributed by atoms with Crippen LogP contribution in [0.3, 0.4) is 0 Å². The highest BCUT2D eigenvalue weighted by molar-refractivity contribution is 5.17. The van der Waals surface area contributed by atoms with E-state index in [0.29, 0.717) is 6.54 Å². The van der Waals surface area contributed by atoms with E-state index in [2.05, 4.69) is 11.7 Å². The zero-order valence-corrected chi connectivity index (χ0v) is 5.12. The van der Waals surface area contributed by atoms with Gasteiger partial charge in [-0.2, -0.15) is 5.10 Å². The zero-order valence-electron chi connectivity index (χ0n) is 5.12. The number of rotatable bonds is 2. The summed E-state index contributed by atoms with van der Waals surface area (Å²) >= 11 is 0. The minimum atomic E-state index is 0.536. The molecule has 1 aromatic heterocycles. The van der Waals surface area contributed by atoms with Gasteiger partial charge in [0, 0.05) is 24.5 Å². The molecule has 0 fully saturated rings. The first-order valence-electron chi connectivity index (χ1n) is 2.72. The van der Waals surface area contributed by atoms with Crippen molar-refractivity contribution in [2.75, 3.05) is 0 Å². The predicted molar refractivity (Wildman–Crippen MR) is 36.5 cm³/mol. The molecule has 1 heterocycles. The summed E-state index contributed by atoms with van der Waals surface area (Å²) in [5.41, 5.74) is 6.35. The molecule has 48 valence electrons. The number of hydrogen-bond donors (Lipinski definition) is 1. The second kappa shape index (κ2) is 2.46. The van der Waals surface area contributed by atoms with E-state index >= 15 is 0 Å². The van der Waals surface area contributed by atoms with Gasteiger partial charge < -0.3 is 5.73 Å². The minimum Gasteiger partial charge on any atom is -0.326 e. The molecule has 0 unspecified atom stereocenters. The van der Waals surface area contributed by atoms with Crippen molar-refractivity contribution < 1.29 is 0 Å². The first-order valence-corrected chi connectivity index (χ1v) is 2.72. The topological polar surface area (TPSA) is 43.8 Å². The molecule has 0 saturated carbocycles. The van der Waals surface area contributed by atoms with Crippen molar-refractivity contribution in [3.63, 3.8) is 0 Å². The molecule has 0 spiro atoms. The van der Waals surface area contributed by atoms with Crippen LogP contribution in [0.25, 0.3) is 6.20 Å². The van der Waals surface area contributed by atoms with Gasteiger partial charge in [0.1, 0.15) is 0 Å². The lowest BCUT2D eigenvalue weighted by Crippen LogP contribution is -1.93. The van der Waals surface area contributed by atoms with Gasteiger partial charge in [0.15, 0.2) is 0 Å². The van der Waals surface area contributed by atoms with Crippen molar-refractivity contribution in [3.8, 4) is 0 Å². The molecule has 9 heavy (non-hydrogen) atoms. The summed E-state index contributed by atoms with van der Waals surface area (Å²) in [7, 11) is 0. The Bertz CT molecular complexity index is 202. The van der Waals surface area contributed by atoms with E-state index in [1.54, 1.807) is 17.1 Å². The molecule has 1 rings (SSSR count). The van der Waals surface area contributed by atoms with Crippen molar-refractivity contribution in [1.29, 1.82) is 0 Å². The lowest BCUT2D eigenvalue weighted by molar-refractivity contribution is 0.936. The van der Waals surface area contributed by atoms with E-state index in [4.69, 9.17) is 5.73 Å². The first kappa shape index (κ1) is 6.04. The largest absolute Gasteiger partial charge is 0.326 e. The average Bonchev–Trinajstić information content (AvgIpc) is 2.34. The van der Waals surface area contributed by atoms with Crippen molar-refractivity contribution in [2.24, 2.45) is 5.73 Å². The van der Waals surface area contributed by atoms with Gasteiger partial charge in [-0.1, -0.05) is 6.58 Å². The first-order chi connectivity index (χ1) is 4.36. The van der Waals surface area contributed by atoms with E-state index in [0.717, 1.165) is 5.56 Å². The second-order valence-corrected chi connectivity index (χ2v) is 1.72. The number of nitrogens with zero attached hydrogens (tertiary/aromatic N) is 2. The average molecular weight is 123 g/mol. The Morgan fingerprint density at radius 1 is 1.89 bits per heavy atom. The third-order valence-electron chi connectivity index (χ3n) is 1.08. The summed E-state index contributed by atoms with van der Waals surface area (Å²) in [4.78, 5) is 0. The predicted octanol–water partition coefficient (Wildman–Crippen LogP) is 0.442. The third kappa shape index (κ3) is 1.17. The molecule has 0 bridgehead atoms. The van der Waals surface area contributed by atoms with Gasteiger partial charge in [-0.05, 0) is 0 Å². The van der Waals surface area contributed by atoms with E-state index in [1.165, 1.54) is 0 Å². The smallest absolute Gasteiger partial charge is 0.0538 e. The summed E-state index contributed by atoms with van der Waals surface area (Å²) in [6, 6.07) is 0. The molecule has 2 N–H and O–H groups in total. The Kier molecular flexibility index (Phi) is 1.65. The molecule has 0 atom stereocenters. The maximum Gasteiger partial charge on any atom is 0.0538 e. The molecule has 0 saturated heterocycles. The normalized spacial score (nSPS) is 9.44. The van der Waals surface area contributed by atoms with Gasteiger partial charge >= 0.3 is 0 Å². The van der Waals surface area contributed by atoms with Crippen LogP contribution in [0.5, 0.6) is 0 Å². The third-order valence-corrected chi connectivity index (χ3v) is 1.08. The number of aromatic nitrogens is 2. The van der Waals surface area contributed by atoms with Crippen molar-refractivity contribution in [3.05, 3.63) is 24.5 Å². The van der Waals surface area contributed by atoms with Crippen LogP contribution < -0.4 is 5.73 Å². The molecule has 0 aliphatic heterocycles. The Balaban J connectivity index is 2.86. The highest BCUT2D eigenvalue weighted by Gasteiger charge is 1.89. The van der Waals surface area contributed by atoms with Crippen LogP contribution in [-0.4, -0.2) is 9.78 Å². The van der Waals surface area contributed by atoms with Crippen LogP contribution >= 0.6 is 0 Å². The Morgan fingerprint density at radius 3 is 3.00 bits per heavy atom. The number of hydrogen-bond acceptors (Lipinski definition) is 2. The van der Waals surface area contributed by atoms with Crippen LogP contribution in [-0.2, 0) is 6.54 Å². The van der Waals surface area contributed by atoms with Crippen molar-refractivity contribution in [2.45, 2.75) is 6.54 Å². The molecule has 0 aliphatic carbocycles. The lowest BCUT2D eigenvalue weighted by atomic mass is 10.4. The maximum absolute atomic E-state index is 5.33. The van der Waals surface area contributed by atoms with Gasteiger partial charge in [-0.3, -0.25) is 0 Å². The Morgan fingerprint density at radius 2 is 2.67 bits per heavy atom. The minimum absolute atomic E-state index is 0.536. The van der Waals surface area contributed by atoms with Crippen molar-refractivity contribution in [1.82, 2.24) is 9.78 Å². The highest BCUT2D eigenvalue weighted by Crippen LogP contribution is 1.94. The lowest BCUT2D eigenvalue weighted by Gasteiger charge is -1.84. The van der Waals surface area contributed by atoms with E-state index in [9.17, 15) is 0 Å². The summed E-state index contributed by atoms with van der Waals surface area (Å²) in [6.07, 6.45) is 5.19. The standard InChI is InChI=1S/C6H9N3/c1-2-9-5-6(3-7)4-8-9/h2,4-5H,1,3,7H2. The monoisotopic (exact) mass is 123 g/mol. The Labute approximate surface area is 53.8 Å². The molecule has 3 heteroatoms. The molecular formula is C6H9N3. The quantitative estimate of drug-likeness (QED) is 0.620. The molecule has 0 amide bonds. The van der Waals surface area contributed by atoms with Crippen molar-refractivity contribution >= 4 is 6.20 Å². The van der Waals surface area contributed by atoms with Crippen LogP contribution in [0.15, 0.2) is 19.0 Å². The molecule has 0 aromatic carbocycles. The van der Waals surface area contributed by atoms with Gasteiger partial charge in [-0.15, -0.1) is 0 Å². The molecule has 1 aromatic rings. The van der Waals surface area contributed by atoms with E-state index < -0.39 is 0 Å². The van der Waals surface area contributed by atoms with Gasteiger partial charge in [0.2, 0.25) is 0 Å². The highest BCUT2D eigenvalue weighted by atomic mass is 15.2. The number of nitrogens with two attached hydrogens (primary N) is 1. The second-order valence-electron chi connectivity index (χ2n) is 1.72. The van der Waals surface area contributed by atoms with Crippen LogP contribution in [0, 0.1) is 0 Å². The molecule has 0 radical (unpaired) electrons. The summed E-state index contributed by atoms with van der Waals surface area (Å²) < 4.78 is 1.63.